The van der Waals surface area contributed by atoms with Crippen molar-refractivity contribution in [3.8, 4) is 5.75 Å². The average molecular weight is 477 g/mol. The number of benzene rings is 2. The lowest BCUT2D eigenvalue weighted by Crippen LogP contribution is -2.49. The number of ether oxygens (including phenoxy) is 1. The summed E-state index contributed by atoms with van der Waals surface area (Å²) in [5, 5.41) is 1.94. The van der Waals surface area contributed by atoms with Crippen molar-refractivity contribution in [2.45, 2.75) is 32.2 Å². The lowest BCUT2D eigenvalue weighted by molar-refractivity contribution is -0.135. The number of likely N-dealkylation sites (tertiary alicyclic amines) is 1. The van der Waals surface area contributed by atoms with E-state index in [1.807, 2.05) is 83.7 Å². The maximum Gasteiger partial charge on any atom is 0.263 e. The predicted octanol–water partition coefficient (Wildman–Crippen LogP) is 5.06. The first-order valence-corrected chi connectivity index (χ1v) is 12.7. The maximum absolute atomic E-state index is 13.1. The fraction of sp³-hybridized carbons (Fsp3) is 0.357. The van der Waals surface area contributed by atoms with Crippen LogP contribution in [0.1, 0.15) is 33.6 Å². The van der Waals surface area contributed by atoms with Gasteiger partial charge in [0.25, 0.3) is 11.8 Å². The number of rotatable bonds is 8. The highest BCUT2D eigenvalue weighted by atomic mass is 32.1. The Bertz CT molecular complexity index is 1060. The van der Waals surface area contributed by atoms with Crippen LogP contribution < -0.4 is 4.74 Å². The van der Waals surface area contributed by atoms with Crippen molar-refractivity contribution in [1.82, 2.24) is 9.80 Å². The lowest BCUT2D eigenvalue weighted by atomic mass is 9.85. The van der Waals surface area contributed by atoms with Gasteiger partial charge in [-0.1, -0.05) is 54.1 Å². The summed E-state index contributed by atoms with van der Waals surface area (Å²) >= 11 is 1.48. The summed E-state index contributed by atoms with van der Waals surface area (Å²) in [5.41, 5.74) is 2.39. The smallest absolute Gasteiger partial charge is 0.263 e. The van der Waals surface area contributed by atoms with E-state index >= 15 is 0 Å². The first kappa shape index (κ1) is 24.0. The Balaban J connectivity index is 1.38. The van der Waals surface area contributed by atoms with Crippen LogP contribution in [0.25, 0.3) is 0 Å². The number of hydrogen-bond acceptors (Lipinski definition) is 4. The molecule has 0 bridgehead atoms. The fourth-order valence-corrected chi connectivity index (χ4v) is 5.31. The number of nitrogens with zero attached hydrogens (tertiary/aromatic N) is 2. The van der Waals surface area contributed by atoms with Crippen LogP contribution in [-0.4, -0.2) is 54.4 Å². The van der Waals surface area contributed by atoms with Crippen LogP contribution in [-0.2, 0) is 11.2 Å². The average Bonchev–Trinajstić information content (AvgIpc) is 3.42. The van der Waals surface area contributed by atoms with Gasteiger partial charge in [-0.2, -0.15) is 0 Å². The second-order valence-electron chi connectivity index (χ2n) is 8.97. The van der Waals surface area contributed by atoms with Gasteiger partial charge in [0, 0.05) is 26.2 Å². The first-order chi connectivity index (χ1) is 16.5. The zero-order valence-corrected chi connectivity index (χ0v) is 20.7. The standard InChI is InChI=1S/C28H32N2O3S/c1-21-10-12-24(13-11-21)33-20-27(31)30-16-14-23(15-17-30)25(19-22-7-4-3-5-8-22)29(2)28(32)26-9-6-18-34-26/h3-13,18,23,25H,14-17,19-20H2,1-2H3. The number of carbonyl (C=O) groups is 2. The van der Waals surface area contributed by atoms with Gasteiger partial charge >= 0.3 is 0 Å². The summed E-state index contributed by atoms with van der Waals surface area (Å²) in [4.78, 5) is 30.5. The van der Waals surface area contributed by atoms with Gasteiger partial charge in [0.2, 0.25) is 0 Å². The maximum atomic E-state index is 13.1. The summed E-state index contributed by atoms with van der Waals surface area (Å²) in [6.45, 7) is 3.45. The molecule has 0 radical (unpaired) electrons. The van der Waals surface area contributed by atoms with Crippen molar-refractivity contribution < 1.29 is 14.3 Å². The molecule has 1 fully saturated rings. The molecular formula is C28H32N2O3S. The molecule has 4 rings (SSSR count). The molecule has 0 spiro atoms. The Morgan fingerprint density at radius 1 is 1.03 bits per heavy atom. The second-order valence-corrected chi connectivity index (χ2v) is 9.92. The van der Waals surface area contributed by atoms with Crippen LogP contribution in [0.5, 0.6) is 5.75 Å². The van der Waals surface area contributed by atoms with E-state index in [4.69, 9.17) is 4.74 Å². The van der Waals surface area contributed by atoms with Crippen LogP contribution in [0.4, 0.5) is 0 Å². The molecule has 1 aromatic heterocycles. The van der Waals surface area contributed by atoms with Gasteiger partial charge in [-0.25, -0.2) is 0 Å². The Labute approximate surface area is 206 Å². The topological polar surface area (TPSA) is 49.9 Å². The van der Waals surface area contributed by atoms with Gasteiger partial charge in [0.15, 0.2) is 6.61 Å². The molecule has 1 atom stereocenters. The highest BCUT2D eigenvalue weighted by Gasteiger charge is 2.33. The number of thiophene rings is 1. The van der Waals surface area contributed by atoms with E-state index in [0.717, 1.165) is 29.7 Å². The molecule has 5 nitrogen and oxygen atoms in total. The van der Waals surface area contributed by atoms with E-state index in [9.17, 15) is 9.59 Å². The van der Waals surface area contributed by atoms with E-state index in [0.29, 0.717) is 24.8 Å². The number of piperidine rings is 1. The third-order valence-corrected chi connectivity index (χ3v) is 7.52. The zero-order chi connectivity index (χ0) is 23.9. The monoisotopic (exact) mass is 476 g/mol. The molecule has 2 aromatic carbocycles. The Morgan fingerprint density at radius 3 is 2.38 bits per heavy atom. The molecule has 1 saturated heterocycles. The van der Waals surface area contributed by atoms with Crippen LogP contribution >= 0.6 is 11.3 Å². The lowest BCUT2D eigenvalue weighted by Gasteiger charge is -2.40. The van der Waals surface area contributed by atoms with Gasteiger partial charge in [0.1, 0.15) is 5.75 Å². The third-order valence-electron chi connectivity index (χ3n) is 6.66. The number of carbonyl (C=O) groups excluding carboxylic acids is 2. The molecule has 1 aliphatic rings. The molecule has 0 aliphatic carbocycles. The summed E-state index contributed by atoms with van der Waals surface area (Å²) in [5.74, 6) is 1.13. The van der Waals surface area contributed by atoms with Crippen LogP contribution in [0.2, 0.25) is 0 Å². The minimum absolute atomic E-state index is 0.0154. The van der Waals surface area contributed by atoms with Gasteiger partial charge in [-0.05, 0) is 61.2 Å². The molecule has 0 N–H and O–H groups in total. The van der Waals surface area contributed by atoms with Crippen molar-refractivity contribution in [2.24, 2.45) is 5.92 Å². The molecule has 1 unspecified atom stereocenters. The molecule has 178 valence electrons. The van der Waals surface area contributed by atoms with E-state index in [1.54, 1.807) is 0 Å². The van der Waals surface area contributed by atoms with Crippen molar-refractivity contribution in [1.29, 1.82) is 0 Å². The molecule has 3 aromatic rings. The normalized spacial score (nSPS) is 15.1. The summed E-state index contributed by atoms with van der Waals surface area (Å²) < 4.78 is 5.70. The second kappa shape index (κ2) is 11.3. The van der Waals surface area contributed by atoms with Crippen LogP contribution in [0.3, 0.4) is 0 Å². The molecular weight excluding hydrogens is 444 g/mol. The largest absolute Gasteiger partial charge is 0.484 e. The third kappa shape index (κ3) is 6.06. The predicted molar refractivity (Wildman–Crippen MR) is 136 cm³/mol. The number of likely N-dealkylation sites (N-methyl/N-ethyl adjacent to an activating group) is 1. The van der Waals surface area contributed by atoms with Crippen molar-refractivity contribution in [3.63, 3.8) is 0 Å². The fourth-order valence-electron chi connectivity index (χ4n) is 4.60. The Kier molecular flexibility index (Phi) is 8.01. The quantitative estimate of drug-likeness (QED) is 0.457. The molecule has 2 amide bonds. The van der Waals surface area contributed by atoms with Gasteiger partial charge in [0.05, 0.1) is 4.88 Å². The van der Waals surface area contributed by atoms with Crippen LogP contribution in [0.15, 0.2) is 72.1 Å². The summed E-state index contributed by atoms with van der Waals surface area (Å²) in [6.07, 6.45) is 2.55. The SMILES string of the molecule is Cc1ccc(OCC(=O)N2CCC(C(Cc3ccccc3)N(C)C(=O)c3cccs3)CC2)cc1. The minimum Gasteiger partial charge on any atom is -0.484 e. The van der Waals surface area contributed by atoms with Gasteiger partial charge in [-0.3, -0.25) is 9.59 Å². The summed E-state index contributed by atoms with van der Waals surface area (Å²) in [6, 6.07) is 22.0. The van der Waals surface area contributed by atoms with Gasteiger partial charge < -0.3 is 14.5 Å². The minimum atomic E-state index is 0.0154. The first-order valence-electron chi connectivity index (χ1n) is 11.8. The van der Waals surface area contributed by atoms with Crippen molar-refractivity contribution >= 4 is 23.2 Å². The zero-order valence-electron chi connectivity index (χ0n) is 19.9. The molecule has 1 aliphatic heterocycles. The molecule has 34 heavy (non-hydrogen) atoms. The number of aryl methyl sites for hydroxylation is 1. The number of hydrogen-bond donors (Lipinski definition) is 0. The van der Waals surface area contributed by atoms with E-state index < -0.39 is 0 Å². The Morgan fingerprint density at radius 2 is 1.74 bits per heavy atom. The van der Waals surface area contributed by atoms with E-state index in [1.165, 1.54) is 16.9 Å². The van der Waals surface area contributed by atoms with Gasteiger partial charge in [-0.15, -0.1) is 11.3 Å². The van der Waals surface area contributed by atoms with Crippen molar-refractivity contribution in [3.05, 3.63) is 88.1 Å². The summed E-state index contributed by atoms with van der Waals surface area (Å²) in [7, 11) is 1.92. The van der Waals surface area contributed by atoms with E-state index in [-0.39, 0.29) is 24.5 Å². The highest BCUT2D eigenvalue weighted by Crippen LogP contribution is 2.28. The molecule has 2 heterocycles. The van der Waals surface area contributed by atoms with Crippen molar-refractivity contribution in [2.75, 3.05) is 26.7 Å². The highest BCUT2D eigenvalue weighted by molar-refractivity contribution is 7.12. The Hall–Kier alpha value is -3.12. The molecule has 0 saturated carbocycles. The number of amides is 2. The molecule has 6 heteroatoms. The van der Waals surface area contributed by atoms with Crippen LogP contribution in [0, 0.1) is 12.8 Å². The van der Waals surface area contributed by atoms with E-state index in [2.05, 4.69) is 12.1 Å².